The molecule has 246 valence electrons. The lowest BCUT2D eigenvalue weighted by atomic mass is 9.94. The van der Waals surface area contributed by atoms with Crippen molar-refractivity contribution in [3.63, 3.8) is 0 Å². The first-order valence-electron chi connectivity index (χ1n) is 18.2. The van der Waals surface area contributed by atoms with Crippen LogP contribution < -0.4 is 0 Å². The van der Waals surface area contributed by atoms with Gasteiger partial charge >= 0.3 is 0 Å². The van der Waals surface area contributed by atoms with Gasteiger partial charge in [-0.15, -0.1) is 0 Å². The van der Waals surface area contributed by atoms with Crippen molar-refractivity contribution in [3.05, 3.63) is 182 Å². The Kier molecular flexibility index (Phi) is 6.02. The first-order valence-corrected chi connectivity index (χ1v) is 19.0. The van der Waals surface area contributed by atoms with Gasteiger partial charge in [-0.3, -0.25) is 0 Å². The van der Waals surface area contributed by atoms with Gasteiger partial charge in [-0.25, -0.2) is 0 Å². The molecule has 12 rings (SSSR count). The van der Waals surface area contributed by atoms with Gasteiger partial charge in [0.05, 0.1) is 22.1 Å². The zero-order chi connectivity index (χ0) is 34.6. The van der Waals surface area contributed by atoms with Crippen LogP contribution in [0.5, 0.6) is 0 Å². The minimum absolute atomic E-state index is 1.18. The van der Waals surface area contributed by atoms with Crippen LogP contribution in [0.4, 0.5) is 0 Å². The lowest BCUT2D eigenvalue weighted by Gasteiger charge is -2.22. The van der Waals surface area contributed by atoms with E-state index in [2.05, 4.69) is 191 Å². The molecule has 0 saturated heterocycles. The van der Waals surface area contributed by atoms with Gasteiger partial charge in [0.25, 0.3) is 0 Å². The molecule has 53 heavy (non-hydrogen) atoms. The van der Waals surface area contributed by atoms with E-state index in [9.17, 15) is 0 Å². The molecule has 1 aliphatic rings. The minimum Gasteiger partial charge on any atom is -0.309 e. The monoisotopic (exact) mass is 690 g/mol. The van der Waals surface area contributed by atoms with Gasteiger partial charge in [0.1, 0.15) is 0 Å². The van der Waals surface area contributed by atoms with Crippen molar-refractivity contribution < 1.29 is 0 Å². The van der Waals surface area contributed by atoms with Gasteiger partial charge in [0.15, 0.2) is 0 Å². The molecule has 0 radical (unpaired) electrons. The number of aromatic nitrogens is 2. The summed E-state index contributed by atoms with van der Waals surface area (Å²) >= 11 is 1.90. The number of benzene rings is 9. The standard InChI is InChI=1S/C50H30N2S/c1-2-11-31(12-3-1)34-22-26-45-42(28-34)37-15-6-8-19-43(37)51(45)36-24-25-38-39-17-10-18-41-49-40-16-7-9-20-44(40)52(35-23-21-32-13-4-5-14-33(32)27-35)46(49)30-48(50(39)41)53-47(38)29-36/h1-30H. The summed E-state index contributed by atoms with van der Waals surface area (Å²) in [6.07, 6.45) is 0. The average Bonchev–Trinajstić information content (AvgIpc) is 3.73. The number of hydrogen-bond acceptors (Lipinski definition) is 1. The quantitative estimate of drug-likeness (QED) is 0.179. The lowest BCUT2D eigenvalue weighted by molar-refractivity contribution is 1.16. The molecule has 0 atom stereocenters. The Labute approximate surface area is 310 Å². The summed E-state index contributed by atoms with van der Waals surface area (Å²) in [4.78, 5) is 2.58. The van der Waals surface area contributed by atoms with Crippen molar-refractivity contribution in [1.82, 2.24) is 9.13 Å². The molecule has 3 heterocycles. The van der Waals surface area contributed by atoms with Crippen LogP contribution in [0.15, 0.2) is 192 Å². The summed E-state index contributed by atoms with van der Waals surface area (Å²) in [5.41, 5.74) is 12.3. The predicted octanol–water partition coefficient (Wildman–Crippen LogP) is 14.0. The molecule has 9 aromatic carbocycles. The third kappa shape index (κ3) is 4.17. The molecule has 0 unspecified atom stereocenters. The van der Waals surface area contributed by atoms with E-state index in [0.29, 0.717) is 0 Å². The molecular formula is C50H30N2S. The van der Waals surface area contributed by atoms with Gasteiger partial charge in [0.2, 0.25) is 0 Å². The van der Waals surface area contributed by atoms with Crippen LogP contribution in [-0.2, 0) is 0 Å². The Morgan fingerprint density at radius 2 is 1.00 bits per heavy atom. The molecule has 0 aliphatic carbocycles. The maximum Gasteiger partial charge on any atom is 0.0558 e. The maximum atomic E-state index is 2.47. The van der Waals surface area contributed by atoms with E-state index < -0.39 is 0 Å². The molecule has 1 aliphatic heterocycles. The summed E-state index contributed by atoms with van der Waals surface area (Å²) in [7, 11) is 0. The third-order valence-corrected chi connectivity index (χ3v) is 12.4. The highest BCUT2D eigenvalue weighted by Crippen LogP contribution is 2.52. The topological polar surface area (TPSA) is 9.86 Å². The second-order valence-corrected chi connectivity index (χ2v) is 15.2. The van der Waals surface area contributed by atoms with Crippen LogP contribution in [0, 0.1) is 0 Å². The molecule has 11 aromatic rings. The predicted molar refractivity (Wildman–Crippen MR) is 225 cm³/mol. The number of hydrogen-bond donors (Lipinski definition) is 0. The van der Waals surface area contributed by atoms with Crippen LogP contribution in [-0.4, -0.2) is 9.13 Å². The number of para-hydroxylation sites is 2. The zero-order valence-corrected chi connectivity index (χ0v) is 29.4. The molecule has 2 nitrogen and oxygen atoms in total. The van der Waals surface area contributed by atoms with Crippen molar-refractivity contribution in [2.75, 3.05) is 0 Å². The van der Waals surface area contributed by atoms with E-state index >= 15 is 0 Å². The highest BCUT2D eigenvalue weighted by atomic mass is 32.2. The largest absolute Gasteiger partial charge is 0.309 e. The van der Waals surface area contributed by atoms with Crippen LogP contribution in [0.1, 0.15) is 0 Å². The third-order valence-electron chi connectivity index (χ3n) is 11.3. The fourth-order valence-corrected chi connectivity index (χ4v) is 10.1. The van der Waals surface area contributed by atoms with Gasteiger partial charge < -0.3 is 9.13 Å². The van der Waals surface area contributed by atoms with Gasteiger partial charge in [-0.1, -0.05) is 139 Å². The lowest BCUT2D eigenvalue weighted by Crippen LogP contribution is -1.99. The molecule has 0 saturated carbocycles. The molecule has 0 fully saturated rings. The summed E-state index contributed by atoms with van der Waals surface area (Å²) in [6.45, 7) is 0. The molecule has 0 amide bonds. The first-order chi connectivity index (χ1) is 26.3. The van der Waals surface area contributed by atoms with E-state index in [4.69, 9.17) is 0 Å². The van der Waals surface area contributed by atoms with Crippen molar-refractivity contribution in [1.29, 1.82) is 0 Å². The fraction of sp³-hybridized carbons (Fsp3) is 0. The summed E-state index contributed by atoms with van der Waals surface area (Å²) in [6, 6.07) is 67.2. The SMILES string of the molecule is c1ccc(-c2ccc3c(c2)c2ccccc2n3-c2ccc3c(c2)Sc2cc4c(c5cccc-3c25)c2ccccc2n4-c2ccc3ccccc3c2)cc1. The maximum absolute atomic E-state index is 2.47. The molecular weight excluding hydrogens is 661 g/mol. The van der Waals surface area contributed by atoms with Gasteiger partial charge in [-0.2, -0.15) is 0 Å². The molecule has 2 aromatic heterocycles. The van der Waals surface area contributed by atoms with Crippen molar-refractivity contribution in [2.24, 2.45) is 0 Å². The van der Waals surface area contributed by atoms with Crippen LogP contribution >= 0.6 is 11.8 Å². The van der Waals surface area contributed by atoms with Crippen LogP contribution in [0.2, 0.25) is 0 Å². The van der Waals surface area contributed by atoms with Gasteiger partial charge in [-0.05, 0) is 93.0 Å². The molecule has 3 heteroatoms. The molecule has 0 N–H and O–H groups in total. The van der Waals surface area contributed by atoms with E-state index in [0.717, 1.165) is 0 Å². The van der Waals surface area contributed by atoms with Gasteiger partial charge in [0, 0.05) is 48.1 Å². The number of fused-ring (bicyclic) bond motifs is 10. The highest BCUT2D eigenvalue weighted by Gasteiger charge is 2.25. The number of rotatable bonds is 3. The Morgan fingerprint density at radius 3 is 1.89 bits per heavy atom. The minimum atomic E-state index is 1.18. The van der Waals surface area contributed by atoms with Crippen molar-refractivity contribution >= 4 is 76.9 Å². The summed E-state index contributed by atoms with van der Waals surface area (Å²) in [5, 5.41) is 10.3. The Balaban J connectivity index is 1.07. The van der Waals surface area contributed by atoms with E-state index in [1.54, 1.807) is 0 Å². The summed E-state index contributed by atoms with van der Waals surface area (Å²) < 4.78 is 4.91. The second-order valence-electron chi connectivity index (χ2n) is 14.1. The van der Waals surface area contributed by atoms with Crippen molar-refractivity contribution in [2.45, 2.75) is 9.79 Å². The zero-order valence-electron chi connectivity index (χ0n) is 28.6. The van der Waals surface area contributed by atoms with Crippen LogP contribution in [0.3, 0.4) is 0 Å². The first kappa shape index (κ1) is 29.1. The van der Waals surface area contributed by atoms with E-state index in [1.165, 1.54) is 109 Å². The second kappa shape index (κ2) is 11.0. The Bertz CT molecular complexity index is 3310. The Hall–Kier alpha value is -6.55. The van der Waals surface area contributed by atoms with Crippen molar-refractivity contribution in [3.8, 4) is 33.6 Å². The smallest absolute Gasteiger partial charge is 0.0558 e. The van der Waals surface area contributed by atoms with E-state index in [-0.39, 0.29) is 0 Å². The fourth-order valence-electron chi connectivity index (χ4n) is 8.94. The average molecular weight is 691 g/mol. The highest BCUT2D eigenvalue weighted by molar-refractivity contribution is 7.99. The van der Waals surface area contributed by atoms with E-state index in [1.807, 2.05) is 11.8 Å². The molecule has 0 bridgehead atoms. The summed E-state index contributed by atoms with van der Waals surface area (Å²) in [5.74, 6) is 0. The Morgan fingerprint density at radius 1 is 0.321 bits per heavy atom. The number of nitrogens with zero attached hydrogens (tertiary/aromatic N) is 2. The van der Waals surface area contributed by atoms with Crippen LogP contribution in [0.25, 0.3) is 98.8 Å². The normalized spacial score (nSPS) is 12.5. The molecule has 0 spiro atoms.